The van der Waals surface area contributed by atoms with E-state index in [9.17, 15) is 4.79 Å². The highest BCUT2D eigenvalue weighted by Crippen LogP contribution is 2.21. The second-order valence-corrected chi connectivity index (χ2v) is 4.92. The van der Waals surface area contributed by atoms with Crippen molar-refractivity contribution in [3.05, 3.63) is 35.9 Å². The normalized spacial score (nSPS) is 17.4. The molecule has 0 spiro atoms. The molecule has 5 heteroatoms. The molecule has 110 valence electrons. The van der Waals surface area contributed by atoms with Crippen LogP contribution in [0.2, 0.25) is 0 Å². The molecule has 1 aliphatic heterocycles. The Labute approximate surface area is 119 Å². The molecule has 1 aliphatic rings. The lowest BCUT2D eigenvalue weighted by molar-refractivity contribution is -0.257. The maximum Gasteiger partial charge on any atom is 0.407 e. The average Bonchev–Trinajstić information content (AvgIpc) is 2.47. The van der Waals surface area contributed by atoms with Gasteiger partial charge >= 0.3 is 6.09 Å². The van der Waals surface area contributed by atoms with Gasteiger partial charge in [-0.3, -0.25) is 0 Å². The highest BCUT2D eigenvalue weighted by Gasteiger charge is 2.28. The van der Waals surface area contributed by atoms with Crippen LogP contribution in [0, 0.1) is 0 Å². The Morgan fingerprint density at radius 3 is 2.70 bits per heavy atom. The van der Waals surface area contributed by atoms with E-state index in [2.05, 4.69) is 5.32 Å². The zero-order valence-electron chi connectivity index (χ0n) is 11.8. The van der Waals surface area contributed by atoms with Crippen LogP contribution < -0.4 is 5.32 Å². The van der Waals surface area contributed by atoms with Crippen molar-refractivity contribution in [3.63, 3.8) is 0 Å². The molecule has 0 radical (unpaired) electrons. The lowest BCUT2D eigenvalue weighted by atomic mass is 10.2. The summed E-state index contributed by atoms with van der Waals surface area (Å²) < 4.78 is 16.2. The Morgan fingerprint density at radius 1 is 1.30 bits per heavy atom. The lowest BCUT2D eigenvalue weighted by Crippen LogP contribution is -2.41. The van der Waals surface area contributed by atoms with E-state index < -0.39 is 11.9 Å². The third kappa shape index (κ3) is 4.83. The van der Waals surface area contributed by atoms with Crippen LogP contribution >= 0.6 is 0 Å². The Kier molecular flexibility index (Phi) is 5.38. The summed E-state index contributed by atoms with van der Waals surface area (Å²) in [5, 5.41) is 2.70. The molecule has 0 unspecified atom stereocenters. The molecule has 1 amide bonds. The van der Waals surface area contributed by atoms with Crippen molar-refractivity contribution in [1.82, 2.24) is 5.32 Å². The smallest absolute Gasteiger partial charge is 0.407 e. The van der Waals surface area contributed by atoms with Gasteiger partial charge in [-0.2, -0.15) is 0 Å². The first-order chi connectivity index (χ1) is 9.68. The maximum atomic E-state index is 11.5. The minimum Gasteiger partial charge on any atom is -0.445 e. The van der Waals surface area contributed by atoms with Gasteiger partial charge in [-0.05, 0) is 18.9 Å². The van der Waals surface area contributed by atoms with E-state index >= 15 is 0 Å². The minimum absolute atomic E-state index is 0.275. The Bertz CT molecular complexity index is 415. The summed E-state index contributed by atoms with van der Waals surface area (Å²) in [6.07, 6.45) is 1.10. The first-order valence-corrected chi connectivity index (χ1v) is 6.90. The van der Waals surface area contributed by atoms with Crippen molar-refractivity contribution in [2.24, 2.45) is 0 Å². The summed E-state index contributed by atoms with van der Waals surface area (Å²) in [4.78, 5) is 11.5. The molecular formula is C15H21NO4. The molecule has 1 fully saturated rings. The molecule has 0 atom stereocenters. The first kappa shape index (κ1) is 14.8. The minimum atomic E-state index is -0.592. The van der Waals surface area contributed by atoms with E-state index in [1.54, 1.807) is 0 Å². The van der Waals surface area contributed by atoms with E-state index in [4.69, 9.17) is 14.2 Å². The topological polar surface area (TPSA) is 56.8 Å². The molecule has 1 aromatic rings. The highest BCUT2D eigenvalue weighted by molar-refractivity contribution is 5.67. The standard InChI is InChI=1S/C15H21NO4/c1-15(19-10-5-11-20-15)8-9-16-14(17)18-12-13-6-3-2-4-7-13/h2-4,6-7H,5,8-12H2,1H3,(H,16,17). The molecular weight excluding hydrogens is 258 g/mol. The highest BCUT2D eigenvalue weighted by atomic mass is 16.7. The van der Waals surface area contributed by atoms with E-state index in [1.807, 2.05) is 37.3 Å². The number of amides is 1. The zero-order valence-corrected chi connectivity index (χ0v) is 11.8. The van der Waals surface area contributed by atoms with Crippen molar-refractivity contribution >= 4 is 6.09 Å². The second-order valence-electron chi connectivity index (χ2n) is 4.92. The molecule has 0 bridgehead atoms. The van der Waals surface area contributed by atoms with Gasteiger partial charge in [0.2, 0.25) is 0 Å². The molecule has 1 aromatic carbocycles. The van der Waals surface area contributed by atoms with E-state index in [0.29, 0.717) is 26.2 Å². The van der Waals surface area contributed by atoms with Crippen LogP contribution in [-0.4, -0.2) is 31.6 Å². The molecule has 0 aromatic heterocycles. The fraction of sp³-hybridized carbons (Fsp3) is 0.533. The lowest BCUT2D eigenvalue weighted by Gasteiger charge is -2.33. The van der Waals surface area contributed by atoms with E-state index in [0.717, 1.165) is 12.0 Å². The van der Waals surface area contributed by atoms with Gasteiger partial charge in [0.15, 0.2) is 5.79 Å². The largest absolute Gasteiger partial charge is 0.445 e. The maximum absolute atomic E-state index is 11.5. The molecule has 2 rings (SSSR count). The number of benzene rings is 1. The predicted molar refractivity (Wildman–Crippen MR) is 74.2 cm³/mol. The number of rotatable bonds is 5. The van der Waals surface area contributed by atoms with Crippen LogP contribution in [0.5, 0.6) is 0 Å². The Morgan fingerprint density at radius 2 is 2.00 bits per heavy atom. The summed E-state index contributed by atoms with van der Waals surface area (Å²) in [7, 11) is 0. The molecule has 0 aliphatic carbocycles. The van der Waals surface area contributed by atoms with Crippen LogP contribution in [0.3, 0.4) is 0 Å². The van der Waals surface area contributed by atoms with Gasteiger partial charge in [-0.15, -0.1) is 0 Å². The van der Waals surface area contributed by atoms with Crippen molar-refractivity contribution in [2.75, 3.05) is 19.8 Å². The van der Waals surface area contributed by atoms with Crippen molar-refractivity contribution in [3.8, 4) is 0 Å². The van der Waals surface area contributed by atoms with Crippen molar-refractivity contribution in [1.29, 1.82) is 0 Å². The van der Waals surface area contributed by atoms with E-state index in [1.165, 1.54) is 0 Å². The van der Waals surface area contributed by atoms with Crippen LogP contribution in [0.15, 0.2) is 30.3 Å². The first-order valence-electron chi connectivity index (χ1n) is 6.90. The average molecular weight is 279 g/mol. The third-order valence-corrected chi connectivity index (χ3v) is 3.16. The molecule has 1 N–H and O–H groups in total. The van der Waals surface area contributed by atoms with Gasteiger partial charge in [0.25, 0.3) is 0 Å². The number of ether oxygens (including phenoxy) is 3. The number of nitrogens with one attached hydrogen (secondary N) is 1. The number of alkyl carbamates (subject to hydrolysis) is 1. The number of hydrogen-bond acceptors (Lipinski definition) is 4. The number of carbonyl (C=O) groups is 1. The van der Waals surface area contributed by atoms with Gasteiger partial charge < -0.3 is 19.5 Å². The molecule has 1 saturated heterocycles. The SMILES string of the molecule is CC1(CCNC(=O)OCc2ccccc2)OCCCO1. The van der Waals surface area contributed by atoms with Crippen LogP contribution in [0.25, 0.3) is 0 Å². The van der Waals surface area contributed by atoms with Gasteiger partial charge in [-0.25, -0.2) is 4.79 Å². The summed E-state index contributed by atoms with van der Waals surface area (Å²) in [5.41, 5.74) is 0.966. The zero-order chi connectivity index (χ0) is 14.3. The van der Waals surface area contributed by atoms with Crippen LogP contribution in [-0.2, 0) is 20.8 Å². The molecule has 1 heterocycles. The third-order valence-electron chi connectivity index (χ3n) is 3.16. The quantitative estimate of drug-likeness (QED) is 0.899. The molecule has 0 saturated carbocycles. The van der Waals surface area contributed by atoms with Gasteiger partial charge in [0, 0.05) is 13.0 Å². The molecule has 5 nitrogen and oxygen atoms in total. The van der Waals surface area contributed by atoms with Gasteiger partial charge in [0.05, 0.1) is 13.2 Å². The Balaban J connectivity index is 1.63. The van der Waals surface area contributed by atoms with Crippen molar-refractivity contribution in [2.45, 2.75) is 32.2 Å². The number of carbonyl (C=O) groups excluding carboxylic acids is 1. The van der Waals surface area contributed by atoms with E-state index in [-0.39, 0.29) is 6.61 Å². The van der Waals surface area contributed by atoms with Gasteiger partial charge in [-0.1, -0.05) is 30.3 Å². The predicted octanol–water partition coefficient (Wildman–Crippen LogP) is 2.46. The summed E-state index contributed by atoms with van der Waals surface area (Å²) in [6, 6.07) is 9.58. The summed E-state index contributed by atoms with van der Waals surface area (Å²) in [6.45, 7) is 4.04. The summed E-state index contributed by atoms with van der Waals surface area (Å²) >= 11 is 0. The fourth-order valence-electron chi connectivity index (χ4n) is 1.99. The van der Waals surface area contributed by atoms with Crippen molar-refractivity contribution < 1.29 is 19.0 Å². The van der Waals surface area contributed by atoms with Gasteiger partial charge in [0.1, 0.15) is 6.61 Å². The summed E-state index contributed by atoms with van der Waals surface area (Å²) in [5.74, 6) is -0.592. The molecule has 20 heavy (non-hydrogen) atoms. The van der Waals surface area contributed by atoms with Crippen LogP contribution in [0.4, 0.5) is 4.79 Å². The monoisotopic (exact) mass is 279 g/mol. The fourth-order valence-corrected chi connectivity index (χ4v) is 1.99. The second kappa shape index (κ2) is 7.26. The Hall–Kier alpha value is -1.59. The number of hydrogen-bond donors (Lipinski definition) is 1. The van der Waals surface area contributed by atoms with Crippen LogP contribution in [0.1, 0.15) is 25.3 Å².